The smallest absolute Gasteiger partial charge is 0.238 e. The lowest BCUT2D eigenvalue weighted by Gasteiger charge is -2.20. The van der Waals surface area contributed by atoms with Crippen LogP contribution in [-0.4, -0.2) is 45.2 Å². The summed E-state index contributed by atoms with van der Waals surface area (Å²) < 4.78 is 1.60. The summed E-state index contributed by atoms with van der Waals surface area (Å²) in [6, 6.07) is 15.6. The topological polar surface area (TPSA) is 63.1 Å². The molecule has 0 atom stereocenters. The number of nitrogens with zero attached hydrogens (tertiary/aromatic N) is 4. The average molecular weight is 384 g/mol. The van der Waals surface area contributed by atoms with Crippen molar-refractivity contribution in [3.63, 3.8) is 0 Å². The van der Waals surface area contributed by atoms with Gasteiger partial charge in [0.15, 0.2) is 0 Å². The molecule has 6 nitrogen and oxygen atoms in total. The number of rotatable bonds is 8. The van der Waals surface area contributed by atoms with Crippen LogP contribution in [0.25, 0.3) is 5.69 Å². The van der Waals surface area contributed by atoms with Gasteiger partial charge in [0.2, 0.25) is 5.91 Å². The highest BCUT2D eigenvalue weighted by atomic mass is 35.5. The Kier molecular flexibility index (Phi) is 6.57. The van der Waals surface area contributed by atoms with Crippen LogP contribution in [0.2, 0.25) is 5.02 Å². The predicted molar refractivity (Wildman–Crippen MR) is 107 cm³/mol. The van der Waals surface area contributed by atoms with Crippen molar-refractivity contribution in [3.05, 3.63) is 71.8 Å². The number of carbonyl (C=O) groups is 1. The van der Waals surface area contributed by atoms with Gasteiger partial charge in [-0.15, -0.1) is 0 Å². The standard InChI is InChI=1S/C20H22ClN5O/c1-2-25(11-10-16-6-4-3-5-7-16)13-20(27)24-18-12-17(21)8-9-19(18)26-15-22-14-23-26/h3-9,12,14-15H,2,10-11,13H2,1H3,(H,24,27). The minimum absolute atomic E-state index is 0.0893. The van der Waals surface area contributed by atoms with Crippen molar-refractivity contribution < 1.29 is 4.79 Å². The Labute approximate surface area is 163 Å². The second-order valence-corrected chi connectivity index (χ2v) is 6.59. The maximum atomic E-state index is 12.6. The minimum Gasteiger partial charge on any atom is -0.323 e. The van der Waals surface area contributed by atoms with Gasteiger partial charge in [0.25, 0.3) is 0 Å². The third kappa shape index (κ3) is 5.39. The first-order chi connectivity index (χ1) is 13.2. The molecule has 1 amide bonds. The number of nitrogens with one attached hydrogen (secondary N) is 1. The molecule has 0 saturated heterocycles. The van der Waals surface area contributed by atoms with Crippen molar-refractivity contribution >= 4 is 23.2 Å². The Morgan fingerprint density at radius 1 is 1.22 bits per heavy atom. The zero-order valence-corrected chi connectivity index (χ0v) is 15.9. The number of hydrogen-bond acceptors (Lipinski definition) is 4. The molecule has 1 N–H and O–H groups in total. The van der Waals surface area contributed by atoms with E-state index >= 15 is 0 Å². The Morgan fingerprint density at radius 3 is 2.74 bits per heavy atom. The van der Waals surface area contributed by atoms with E-state index in [1.54, 1.807) is 29.2 Å². The molecule has 7 heteroatoms. The molecule has 0 aliphatic carbocycles. The van der Waals surface area contributed by atoms with Crippen molar-refractivity contribution in [1.82, 2.24) is 19.7 Å². The molecule has 1 aromatic heterocycles. The van der Waals surface area contributed by atoms with Gasteiger partial charge in [-0.25, -0.2) is 9.67 Å². The van der Waals surface area contributed by atoms with E-state index in [4.69, 9.17) is 11.6 Å². The van der Waals surface area contributed by atoms with Crippen molar-refractivity contribution in [2.45, 2.75) is 13.3 Å². The minimum atomic E-state index is -0.0893. The van der Waals surface area contributed by atoms with Gasteiger partial charge in [-0.3, -0.25) is 9.69 Å². The monoisotopic (exact) mass is 383 g/mol. The molecule has 0 radical (unpaired) electrons. The Hall–Kier alpha value is -2.70. The Bertz CT molecular complexity index is 867. The molecule has 0 saturated carbocycles. The first-order valence-electron chi connectivity index (χ1n) is 8.86. The molecule has 1 heterocycles. The number of likely N-dealkylation sites (N-methyl/N-ethyl adjacent to an activating group) is 1. The fraction of sp³-hybridized carbons (Fsp3) is 0.250. The summed E-state index contributed by atoms with van der Waals surface area (Å²) in [7, 11) is 0. The van der Waals surface area contributed by atoms with Crippen LogP contribution in [0, 0.1) is 0 Å². The molecule has 0 aliphatic heterocycles. The zero-order valence-electron chi connectivity index (χ0n) is 15.2. The van der Waals surface area contributed by atoms with Gasteiger partial charge in [-0.2, -0.15) is 5.10 Å². The normalized spacial score (nSPS) is 10.9. The summed E-state index contributed by atoms with van der Waals surface area (Å²) in [5.41, 5.74) is 2.59. The third-order valence-electron chi connectivity index (χ3n) is 4.27. The maximum absolute atomic E-state index is 12.6. The zero-order chi connectivity index (χ0) is 19.1. The van der Waals surface area contributed by atoms with E-state index in [0.29, 0.717) is 17.3 Å². The van der Waals surface area contributed by atoms with Gasteiger partial charge in [0.1, 0.15) is 12.7 Å². The van der Waals surface area contributed by atoms with Gasteiger partial charge in [-0.1, -0.05) is 48.9 Å². The third-order valence-corrected chi connectivity index (χ3v) is 4.51. The summed E-state index contributed by atoms with van der Waals surface area (Å²) in [5.74, 6) is -0.0893. The lowest BCUT2D eigenvalue weighted by atomic mass is 10.1. The second-order valence-electron chi connectivity index (χ2n) is 6.15. The SMILES string of the molecule is CCN(CCc1ccccc1)CC(=O)Nc1cc(Cl)ccc1-n1cncn1. The Morgan fingerprint density at radius 2 is 2.04 bits per heavy atom. The highest BCUT2D eigenvalue weighted by Gasteiger charge is 2.13. The molecule has 0 bridgehead atoms. The van der Waals surface area contributed by atoms with Crippen LogP contribution in [0.15, 0.2) is 61.2 Å². The number of amides is 1. The highest BCUT2D eigenvalue weighted by molar-refractivity contribution is 6.31. The summed E-state index contributed by atoms with van der Waals surface area (Å²) in [6.45, 7) is 3.98. The first-order valence-corrected chi connectivity index (χ1v) is 9.24. The van der Waals surface area contributed by atoms with E-state index < -0.39 is 0 Å². The van der Waals surface area contributed by atoms with Crippen LogP contribution in [0.4, 0.5) is 5.69 Å². The maximum Gasteiger partial charge on any atom is 0.238 e. The lowest BCUT2D eigenvalue weighted by Crippen LogP contribution is -2.34. The van der Waals surface area contributed by atoms with E-state index in [0.717, 1.165) is 25.2 Å². The fourth-order valence-corrected chi connectivity index (χ4v) is 2.99. The van der Waals surface area contributed by atoms with Crippen LogP contribution < -0.4 is 5.32 Å². The number of benzene rings is 2. The van der Waals surface area contributed by atoms with E-state index in [9.17, 15) is 4.79 Å². The molecule has 27 heavy (non-hydrogen) atoms. The molecule has 140 valence electrons. The molecule has 3 aromatic rings. The number of anilines is 1. The molecular weight excluding hydrogens is 362 g/mol. The van der Waals surface area contributed by atoms with Gasteiger partial charge in [0, 0.05) is 11.6 Å². The quantitative estimate of drug-likeness (QED) is 0.647. The van der Waals surface area contributed by atoms with Crippen molar-refractivity contribution in [1.29, 1.82) is 0 Å². The van der Waals surface area contributed by atoms with Crippen LogP contribution in [-0.2, 0) is 11.2 Å². The van der Waals surface area contributed by atoms with Gasteiger partial charge in [0.05, 0.1) is 17.9 Å². The van der Waals surface area contributed by atoms with Crippen molar-refractivity contribution in [3.8, 4) is 5.69 Å². The predicted octanol–water partition coefficient (Wildman–Crippen LogP) is 3.42. The summed E-state index contributed by atoms with van der Waals surface area (Å²) >= 11 is 6.11. The van der Waals surface area contributed by atoms with Gasteiger partial charge >= 0.3 is 0 Å². The van der Waals surface area contributed by atoms with E-state index in [1.165, 1.54) is 11.9 Å². The van der Waals surface area contributed by atoms with Crippen molar-refractivity contribution in [2.75, 3.05) is 25.0 Å². The molecular formula is C20H22ClN5O. The molecule has 2 aromatic carbocycles. The first kappa shape index (κ1) is 19.1. The van der Waals surface area contributed by atoms with Crippen LogP contribution in [0.5, 0.6) is 0 Å². The lowest BCUT2D eigenvalue weighted by molar-refractivity contribution is -0.117. The van der Waals surface area contributed by atoms with Gasteiger partial charge < -0.3 is 5.32 Å². The van der Waals surface area contributed by atoms with Crippen LogP contribution in [0.3, 0.4) is 0 Å². The molecule has 3 rings (SSSR count). The molecule has 0 unspecified atom stereocenters. The summed E-state index contributed by atoms with van der Waals surface area (Å²) in [5, 5.41) is 7.62. The van der Waals surface area contributed by atoms with Crippen molar-refractivity contribution in [2.24, 2.45) is 0 Å². The van der Waals surface area contributed by atoms with E-state index in [2.05, 4.69) is 39.4 Å². The number of hydrogen-bond donors (Lipinski definition) is 1. The van der Waals surface area contributed by atoms with Gasteiger partial charge in [-0.05, 0) is 36.7 Å². The number of halogens is 1. The second kappa shape index (κ2) is 9.30. The van der Waals surface area contributed by atoms with Crippen LogP contribution >= 0.6 is 11.6 Å². The molecule has 0 fully saturated rings. The fourth-order valence-electron chi connectivity index (χ4n) is 2.81. The van der Waals surface area contributed by atoms with Crippen LogP contribution in [0.1, 0.15) is 12.5 Å². The number of carbonyl (C=O) groups excluding carboxylic acids is 1. The largest absolute Gasteiger partial charge is 0.323 e. The summed E-state index contributed by atoms with van der Waals surface area (Å²) in [6.07, 6.45) is 3.93. The molecule has 0 spiro atoms. The number of aromatic nitrogens is 3. The highest BCUT2D eigenvalue weighted by Crippen LogP contribution is 2.23. The Balaban J connectivity index is 1.63. The van der Waals surface area contributed by atoms with E-state index in [1.807, 2.05) is 18.2 Å². The molecule has 0 aliphatic rings. The summed E-state index contributed by atoms with van der Waals surface area (Å²) in [4.78, 5) is 18.7. The average Bonchev–Trinajstić information content (AvgIpc) is 3.20. The van der Waals surface area contributed by atoms with E-state index in [-0.39, 0.29) is 5.91 Å².